The van der Waals surface area contributed by atoms with Crippen molar-refractivity contribution in [2.45, 2.75) is 11.4 Å². The summed E-state index contributed by atoms with van der Waals surface area (Å²) in [5.41, 5.74) is -0.273. The summed E-state index contributed by atoms with van der Waals surface area (Å²) in [6, 6.07) is 2.44. The van der Waals surface area contributed by atoms with Crippen molar-refractivity contribution in [3.05, 3.63) is 47.3 Å². The molecule has 2 aromatic rings. The summed E-state index contributed by atoms with van der Waals surface area (Å²) in [6.45, 7) is -0.235. The number of carboxylic acids is 1. The van der Waals surface area contributed by atoms with Gasteiger partial charge in [-0.25, -0.2) is 26.7 Å². The first-order chi connectivity index (χ1) is 9.81. The van der Waals surface area contributed by atoms with Gasteiger partial charge in [0, 0.05) is 6.20 Å². The number of nitrogens with zero attached hydrogens (tertiary/aromatic N) is 1. The van der Waals surface area contributed by atoms with Crippen molar-refractivity contribution in [1.82, 2.24) is 14.9 Å². The molecule has 10 heteroatoms. The van der Waals surface area contributed by atoms with Crippen LogP contribution in [0.2, 0.25) is 0 Å². The Morgan fingerprint density at radius 1 is 1.38 bits per heavy atom. The minimum atomic E-state index is -4.42. The number of halogens is 2. The van der Waals surface area contributed by atoms with E-state index in [-0.39, 0.29) is 6.54 Å². The number of carboxylic acid groups (broad SMARTS) is 1. The van der Waals surface area contributed by atoms with E-state index in [1.165, 1.54) is 12.3 Å². The molecule has 21 heavy (non-hydrogen) atoms. The number of aromatic nitrogens is 2. The van der Waals surface area contributed by atoms with Gasteiger partial charge in [-0.15, -0.1) is 0 Å². The zero-order valence-corrected chi connectivity index (χ0v) is 11.1. The van der Waals surface area contributed by atoms with Crippen LogP contribution in [0.1, 0.15) is 16.1 Å². The first-order valence-corrected chi connectivity index (χ1v) is 7.00. The van der Waals surface area contributed by atoms with E-state index in [1.807, 2.05) is 4.72 Å². The van der Waals surface area contributed by atoms with Crippen LogP contribution in [0.4, 0.5) is 8.78 Å². The van der Waals surface area contributed by atoms with Crippen LogP contribution in [0.25, 0.3) is 0 Å². The van der Waals surface area contributed by atoms with Crippen molar-refractivity contribution in [3.8, 4) is 0 Å². The van der Waals surface area contributed by atoms with Gasteiger partial charge in [-0.2, -0.15) is 5.10 Å². The Labute approximate surface area is 117 Å². The number of rotatable bonds is 5. The molecule has 0 aliphatic carbocycles. The fraction of sp³-hybridized carbons (Fsp3) is 0.0909. The van der Waals surface area contributed by atoms with Gasteiger partial charge in [-0.05, 0) is 18.2 Å². The summed E-state index contributed by atoms with van der Waals surface area (Å²) in [6.07, 6.45) is 1.38. The molecule has 0 aliphatic heterocycles. The van der Waals surface area contributed by atoms with Crippen LogP contribution in [0.15, 0.2) is 29.3 Å². The largest absolute Gasteiger partial charge is 0.478 e. The fourth-order valence-electron chi connectivity index (χ4n) is 1.52. The molecule has 3 N–H and O–H groups in total. The maximum absolute atomic E-state index is 13.6. The van der Waals surface area contributed by atoms with E-state index in [9.17, 15) is 22.0 Å². The van der Waals surface area contributed by atoms with Gasteiger partial charge in [0.05, 0.1) is 17.8 Å². The van der Waals surface area contributed by atoms with Gasteiger partial charge in [-0.3, -0.25) is 5.10 Å². The summed E-state index contributed by atoms with van der Waals surface area (Å²) in [5, 5.41) is 14.8. The highest BCUT2D eigenvalue weighted by atomic mass is 32.2. The monoisotopic (exact) mass is 317 g/mol. The Bertz CT molecular complexity index is 775. The molecule has 0 unspecified atom stereocenters. The van der Waals surface area contributed by atoms with Crippen LogP contribution in [-0.4, -0.2) is 29.7 Å². The summed E-state index contributed by atoms with van der Waals surface area (Å²) in [4.78, 5) is 9.70. The quantitative estimate of drug-likeness (QED) is 0.757. The van der Waals surface area contributed by atoms with Gasteiger partial charge in [0.25, 0.3) is 0 Å². The number of hydrogen-bond donors (Lipinski definition) is 3. The molecule has 2 rings (SSSR count). The normalized spacial score (nSPS) is 11.5. The molecule has 112 valence electrons. The second kappa shape index (κ2) is 5.58. The predicted octanol–water partition coefficient (Wildman–Crippen LogP) is 0.865. The molecule has 0 radical (unpaired) electrons. The average molecular weight is 317 g/mol. The third-order valence-corrected chi connectivity index (χ3v) is 3.94. The maximum Gasteiger partial charge on any atom is 0.335 e. The third kappa shape index (κ3) is 3.23. The first-order valence-electron chi connectivity index (χ1n) is 5.51. The minimum absolute atomic E-state index is 0.235. The standard InChI is InChI=1S/C11H9F2N3O4S/c12-8-3-6(11(17)18)4-9(10(8)13)21(19,20)15-5-7-1-2-14-16-7/h1-4,15H,5H2,(H,14,16)(H,17,18). The van der Waals surface area contributed by atoms with Crippen LogP contribution in [0.3, 0.4) is 0 Å². The molecule has 7 nitrogen and oxygen atoms in total. The summed E-state index contributed by atoms with van der Waals surface area (Å²) < 4.78 is 52.8. The van der Waals surface area contributed by atoms with Gasteiger partial charge in [0.2, 0.25) is 10.0 Å². The lowest BCUT2D eigenvalue weighted by Gasteiger charge is -2.08. The molecule has 0 amide bonds. The second-order valence-electron chi connectivity index (χ2n) is 3.98. The second-order valence-corrected chi connectivity index (χ2v) is 5.72. The zero-order valence-electron chi connectivity index (χ0n) is 10.3. The van der Waals surface area contributed by atoms with Gasteiger partial charge in [-0.1, -0.05) is 0 Å². The number of aromatic carboxylic acids is 1. The van der Waals surface area contributed by atoms with Crippen LogP contribution in [-0.2, 0) is 16.6 Å². The summed E-state index contributed by atoms with van der Waals surface area (Å²) in [7, 11) is -4.42. The highest BCUT2D eigenvalue weighted by Crippen LogP contribution is 2.20. The number of sulfonamides is 1. The first kappa shape index (κ1) is 15.1. The molecule has 1 aromatic heterocycles. The van der Waals surface area contributed by atoms with Crippen LogP contribution in [0, 0.1) is 11.6 Å². The summed E-state index contributed by atoms with van der Waals surface area (Å²) >= 11 is 0. The SMILES string of the molecule is O=C(O)c1cc(F)c(F)c(S(=O)(=O)NCc2ccn[nH]2)c1. The van der Waals surface area contributed by atoms with E-state index < -0.39 is 38.1 Å². The molecule has 0 bridgehead atoms. The maximum atomic E-state index is 13.6. The molecule has 1 heterocycles. The highest BCUT2D eigenvalue weighted by Gasteiger charge is 2.24. The molecule has 0 fully saturated rings. The average Bonchev–Trinajstić information content (AvgIpc) is 2.92. The fourth-order valence-corrected chi connectivity index (χ4v) is 2.63. The number of nitrogens with one attached hydrogen (secondary N) is 2. The minimum Gasteiger partial charge on any atom is -0.478 e. The highest BCUT2D eigenvalue weighted by molar-refractivity contribution is 7.89. The van der Waals surface area contributed by atoms with Crippen molar-refractivity contribution in [2.24, 2.45) is 0 Å². The Morgan fingerprint density at radius 3 is 2.67 bits per heavy atom. The van der Waals surface area contributed by atoms with Gasteiger partial charge >= 0.3 is 5.97 Å². The summed E-state index contributed by atoms with van der Waals surface area (Å²) in [5.74, 6) is -4.77. The molecule has 0 aliphatic rings. The zero-order chi connectivity index (χ0) is 15.6. The molecule has 0 saturated heterocycles. The van der Waals surface area contributed by atoms with Gasteiger partial charge in [0.15, 0.2) is 11.6 Å². The number of benzene rings is 1. The van der Waals surface area contributed by atoms with Gasteiger partial charge in [0.1, 0.15) is 4.90 Å². The Balaban J connectivity index is 2.37. The lowest BCUT2D eigenvalue weighted by atomic mass is 10.2. The van der Waals surface area contributed by atoms with Crippen LogP contribution < -0.4 is 4.72 Å². The number of H-pyrrole nitrogens is 1. The van der Waals surface area contributed by atoms with E-state index in [0.717, 1.165) is 0 Å². The third-order valence-electron chi connectivity index (χ3n) is 2.54. The molecular formula is C11H9F2N3O4S. The van der Waals surface area contributed by atoms with Crippen molar-refractivity contribution in [3.63, 3.8) is 0 Å². The molecule has 0 saturated carbocycles. The molecular weight excluding hydrogens is 308 g/mol. The smallest absolute Gasteiger partial charge is 0.335 e. The van der Waals surface area contributed by atoms with Crippen LogP contribution >= 0.6 is 0 Å². The van der Waals surface area contributed by atoms with Crippen molar-refractivity contribution >= 4 is 16.0 Å². The van der Waals surface area contributed by atoms with Crippen molar-refractivity contribution in [1.29, 1.82) is 0 Å². The van der Waals surface area contributed by atoms with E-state index in [0.29, 0.717) is 17.8 Å². The molecule has 1 aromatic carbocycles. The molecule has 0 atom stereocenters. The van der Waals surface area contributed by atoms with Crippen molar-refractivity contribution in [2.75, 3.05) is 0 Å². The Morgan fingerprint density at radius 2 is 2.10 bits per heavy atom. The van der Waals surface area contributed by atoms with Crippen LogP contribution in [0.5, 0.6) is 0 Å². The van der Waals surface area contributed by atoms with E-state index in [4.69, 9.17) is 5.11 Å². The topological polar surface area (TPSA) is 112 Å². The Kier molecular flexibility index (Phi) is 4.00. The van der Waals surface area contributed by atoms with E-state index in [1.54, 1.807) is 0 Å². The number of hydrogen-bond acceptors (Lipinski definition) is 4. The lowest BCUT2D eigenvalue weighted by molar-refractivity contribution is 0.0696. The Hall–Kier alpha value is -2.33. The predicted molar refractivity (Wildman–Crippen MR) is 65.9 cm³/mol. The number of aromatic amines is 1. The lowest BCUT2D eigenvalue weighted by Crippen LogP contribution is -2.25. The molecule has 0 spiro atoms. The van der Waals surface area contributed by atoms with E-state index >= 15 is 0 Å². The van der Waals surface area contributed by atoms with E-state index in [2.05, 4.69) is 10.2 Å². The van der Waals surface area contributed by atoms with Crippen molar-refractivity contribution < 1.29 is 27.1 Å². The number of carbonyl (C=O) groups is 1. The van der Waals surface area contributed by atoms with Gasteiger partial charge < -0.3 is 5.11 Å².